The number of nitrogens with one attached hydrogen (secondary N) is 1. The van der Waals surface area contributed by atoms with Crippen molar-refractivity contribution in [2.75, 3.05) is 13.1 Å². The lowest BCUT2D eigenvalue weighted by Crippen LogP contribution is -2.16. The Balaban J connectivity index is 2.04. The maximum Gasteiger partial charge on any atom is 0.0483 e. The number of benzene rings is 1. The van der Waals surface area contributed by atoms with Gasteiger partial charge < -0.3 is 9.88 Å². The summed E-state index contributed by atoms with van der Waals surface area (Å²) in [5, 5.41) is 4.93. The van der Waals surface area contributed by atoms with Crippen LogP contribution in [0.25, 0.3) is 10.9 Å². The lowest BCUT2D eigenvalue weighted by atomic mass is 10.1. The summed E-state index contributed by atoms with van der Waals surface area (Å²) in [6, 6.07) is 8.85. The summed E-state index contributed by atoms with van der Waals surface area (Å²) in [6.07, 6.45) is 7.24. The second-order valence-electron chi connectivity index (χ2n) is 6.40. The molecule has 0 aliphatic rings. The highest BCUT2D eigenvalue weighted by molar-refractivity contribution is 5.83. The van der Waals surface area contributed by atoms with Crippen molar-refractivity contribution >= 4 is 10.9 Å². The third-order valence-corrected chi connectivity index (χ3v) is 4.04. The molecule has 0 aliphatic carbocycles. The number of aromatic nitrogens is 1. The van der Waals surface area contributed by atoms with E-state index in [0.29, 0.717) is 0 Å². The van der Waals surface area contributed by atoms with E-state index in [2.05, 4.69) is 61.1 Å². The van der Waals surface area contributed by atoms with Gasteiger partial charge in [0.25, 0.3) is 0 Å². The second kappa shape index (κ2) is 8.23. The highest BCUT2D eigenvalue weighted by atomic mass is 15.0. The first-order valence-corrected chi connectivity index (χ1v) is 8.49. The normalized spacial score (nSPS) is 11.6. The molecule has 116 valence electrons. The maximum absolute atomic E-state index is 3.49. The molecule has 0 atom stereocenters. The van der Waals surface area contributed by atoms with Gasteiger partial charge in [-0.1, -0.05) is 39.0 Å². The molecule has 0 aliphatic heterocycles. The minimum absolute atomic E-state index is 0.757. The molecule has 0 radical (unpaired) electrons. The lowest BCUT2D eigenvalue weighted by Gasteiger charge is -2.07. The molecule has 0 unspecified atom stereocenters. The van der Waals surface area contributed by atoms with Crippen LogP contribution < -0.4 is 5.32 Å². The van der Waals surface area contributed by atoms with Crippen molar-refractivity contribution in [3.05, 3.63) is 36.0 Å². The van der Waals surface area contributed by atoms with E-state index in [0.717, 1.165) is 25.6 Å². The molecule has 0 bridgehead atoms. The third kappa shape index (κ3) is 4.60. The van der Waals surface area contributed by atoms with E-state index in [4.69, 9.17) is 0 Å². The van der Waals surface area contributed by atoms with Crippen molar-refractivity contribution in [2.24, 2.45) is 5.92 Å². The van der Waals surface area contributed by atoms with Crippen LogP contribution in [0.15, 0.2) is 30.5 Å². The fourth-order valence-corrected chi connectivity index (χ4v) is 2.81. The van der Waals surface area contributed by atoms with Gasteiger partial charge in [-0.3, -0.25) is 0 Å². The number of hydrogen-bond acceptors (Lipinski definition) is 1. The Morgan fingerprint density at radius 1 is 1.14 bits per heavy atom. The van der Waals surface area contributed by atoms with E-state index in [1.54, 1.807) is 0 Å². The van der Waals surface area contributed by atoms with Crippen LogP contribution in [-0.4, -0.2) is 17.7 Å². The number of hydrogen-bond donors (Lipinski definition) is 1. The number of aryl methyl sites for hydroxylation is 2. The Labute approximate surface area is 129 Å². The maximum atomic E-state index is 3.49. The Morgan fingerprint density at radius 3 is 2.71 bits per heavy atom. The van der Waals surface area contributed by atoms with Crippen LogP contribution >= 0.6 is 0 Å². The van der Waals surface area contributed by atoms with E-state index >= 15 is 0 Å². The van der Waals surface area contributed by atoms with Crippen LogP contribution in [0.5, 0.6) is 0 Å². The highest BCUT2D eigenvalue weighted by Gasteiger charge is 2.08. The first-order chi connectivity index (χ1) is 10.2. The molecule has 0 saturated heterocycles. The van der Waals surface area contributed by atoms with Gasteiger partial charge in [0.1, 0.15) is 0 Å². The van der Waals surface area contributed by atoms with Gasteiger partial charge in [0.05, 0.1) is 0 Å². The van der Waals surface area contributed by atoms with E-state index in [1.807, 2.05) is 0 Å². The quantitative estimate of drug-likeness (QED) is 0.666. The van der Waals surface area contributed by atoms with E-state index < -0.39 is 0 Å². The summed E-state index contributed by atoms with van der Waals surface area (Å²) >= 11 is 0. The molecule has 1 aromatic heterocycles. The SMILES string of the molecule is CCCNCCCc1cn(CCC(C)C)c2ccccc12. The number of rotatable bonds is 9. The Kier molecular flexibility index (Phi) is 6.31. The second-order valence-corrected chi connectivity index (χ2v) is 6.40. The molecule has 1 heterocycles. The molecular weight excluding hydrogens is 256 g/mol. The molecule has 2 nitrogen and oxygen atoms in total. The van der Waals surface area contributed by atoms with Crippen LogP contribution in [0.3, 0.4) is 0 Å². The summed E-state index contributed by atoms with van der Waals surface area (Å²) in [5.74, 6) is 0.757. The molecule has 0 saturated carbocycles. The molecule has 2 heteroatoms. The zero-order chi connectivity index (χ0) is 15.1. The molecule has 1 aromatic carbocycles. The molecule has 21 heavy (non-hydrogen) atoms. The van der Waals surface area contributed by atoms with Crippen LogP contribution in [0.1, 0.15) is 45.6 Å². The van der Waals surface area contributed by atoms with Gasteiger partial charge in [-0.05, 0) is 56.3 Å². The van der Waals surface area contributed by atoms with E-state index in [1.165, 1.54) is 42.1 Å². The van der Waals surface area contributed by atoms with Gasteiger partial charge in [0.2, 0.25) is 0 Å². The van der Waals surface area contributed by atoms with Crippen molar-refractivity contribution in [3.8, 4) is 0 Å². The largest absolute Gasteiger partial charge is 0.347 e. The zero-order valence-electron chi connectivity index (χ0n) is 13.9. The van der Waals surface area contributed by atoms with Crippen molar-refractivity contribution in [1.82, 2.24) is 9.88 Å². The smallest absolute Gasteiger partial charge is 0.0483 e. The minimum atomic E-state index is 0.757. The van der Waals surface area contributed by atoms with Gasteiger partial charge in [0.15, 0.2) is 0 Å². The van der Waals surface area contributed by atoms with E-state index in [-0.39, 0.29) is 0 Å². The average Bonchev–Trinajstić information content (AvgIpc) is 2.83. The van der Waals surface area contributed by atoms with Crippen molar-refractivity contribution in [1.29, 1.82) is 0 Å². The standard InChI is InChI=1S/C19H30N2/c1-4-12-20-13-7-8-17-15-21(14-11-16(2)3)19-10-6-5-9-18(17)19/h5-6,9-10,15-16,20H,4,7-8,11-14H2,1-3H3. The number of para-hydroxylation sites is 1. The summed E-state index contributed by atoms with van der Waals surface area (Å²) in [7, 11) is 0. The van der Waals surface area contributed by atoms with Crippen LogP contribution in [0.2, 0.25) is 0 Å². The van der Waals surface area contributed by atoms with Gasteiger partial charge in [-0.25, -0.2) is 0 Å². The first-order valence-electron chi connectivity index (χ1n) is 8.49. The van der Waals surface area contributed by atoms with E-state index in [9.17, 15) is 0 Å². The highest BCUT2D eigenvalue weighted by Crippen LogP contribution is 2.23. The fraction of sp³-hybridized carbons (Fsp3) is 0.579. The summed E-state index contributed by atoms with van der Waals surface area (Å²) in [5.41, 5.74) is 2.90. The zero-order valence-corrected chi connectivity index (χ0v) is 13.9. The van der Waals surface area contributed by atoms with Crippen molar-refractivity contribution < 1.29 is 0 Å². The molecule has 0 fully saturated rings. The van der Waals surface area contributed by atoms with Gasteiger partial charge in [0, 0.05) is 23.6 Å². The molecule has 2 aromatic rings. The Morgan fingerprint density at radius 2 is 1.95 bits per heavy atom. The number of nitrogens with zero attached hydrogens (tertiary/aromatic N) is 1. The van der Waals surface area contributed by atoms with Crippen LogP contribution in [0.4, 0.5) is 0 Å². The van der Waals surface area contributed by atoms with Crippen LogP contribution in [0, 0.1) is 5.92 Å². The summed E-state index contributed by atoms with van der Waals surface area (Å²) in [4.78, 5) is 0. The third-order valence-electron chi connectivity index (χ3n) is 4.04. The molecule has 0 amide bonds. The summed E-state index contributed by atoms with van der Waals surface area (Å²) < 4.78 is 2.45. The molecule has 2 rings (SSSR count). The molecular formula is C19H30N2. The van der Waals surface area contributed by atoms with Crippen molar-refractivity contribution in [3.63, 3.8) is 0 Å². The monoisotopic (exact) mass is 286 g/mol. The topological polar surface area (TPSA) is 17.0 Å². The van der Waals surface area contributed by atoms with Gasteiger partial charge in [-0.15, -0.1) is 0 Å². The lowest BCUT2D eigenvalue weighted by molar-refractivity contribution is 0.523. The number of fused-ring (bicyclic) bond motifs is 1. The Bertz CT molecular complexity index is 539. The van der Waals surface area contributed by atoms with Gasteiger partial charge >= 0.3 is 0 Å². The average molecular weight is 286 g/mol. The minimum Gasteiger partial charge on any atom is -0.347 e. The molecule has 1 N–H and O–H groups in total. The van der Waals surface area contributed by atoms with Crippen molar-refractivity contribution in [2.45, 2.75) is 53.0 Å². The van der Waals surface area contributed by atoms with Gasteiger partial charge in [-0.2, -0.15) is 0 Å². The van der Waals surface area contributed by atoms with Crippen LogP contribution in [-0.2, 0) is 13.0 Å². The Hall–Kier alpha value is -1.28. The predicted molar refractivity (Wildman–Crippen MR) is 92.9 cm³/mol. The predicted octanol–water partition coefficient (Wildman–Crippen LogP) is 4.62. The summed E-state index contributed by atoms with van der Waals surface area (Å²) in [6.45, 7) is 10.2. The molecule has 0 spiro atoms. The fourth-order valence-electron chi connectivity index (χ4n) is 2.81. The first kappa shape index (κ1) is 16.1.